The average molecular weight is 331 g/mol. The molecule has 1 aromatic heterocycles. The minimum absolute atomic E-state index is 0.137. The van der Waals surface area contributed by atoms with Crippen LogP contribution in [-0.4, -0.2) is 40.1 Å². The van der Waals surface area contributed by atoms with Gasteiger partial charge in [0.1, 0.15) is 5.69 Å². The van der Waals surface area contributed by atoms with E-state index >= 15 is 0 Å². The topological polar surface area (TPSA) is 65.5 Å². The third-order valence-corrected chi connectivity index (χ3v) is 4.76. The average Bonchev–Trinajstić information content (AvgIpc) is 3.10. The number of benzene rings is 1. The second-order valence-electron chi connectivity index (χ2n) is 5.83. The number of likely N-dealkylation sites (tertiary alicyclic amines) is 1. The number of rotatable bonds is 5. The van der Waals surface area contributed by atoms with Gasteiger partial charge in [0, 0.05) is 31.6 Å². The number of thiazole rings is 1. The van der Waals surface area contributed by atoms with E-state index in [1.54, 1.807) is 10.9 Å². The zero-order valence-corrected chi connectivity index (χ0v) is 13.8. The van der Waals surface area contributed by atoms with Crippen LogP contribution in [0.1, 0.15) is 34.5 Å². The van der Waals surface area contributed by atoms with Gasteiger partial charge < -0.3 is 10.4 Å². The van der Waals surface area contributed by atoms with Crippen LogP contribution in [0.5, 0.6) is 0 Å². The van der Waals surface area contributed by atoms with Gasteiger partial charge in [-0.25, -0.2) is 4.98 Å². The lowest BCUT2D eigenvalue weighted by Crippen LogP contribution is -2.35. The van der Waals surface area contributed by atoms with Gasteiger partial charge in [-0.05, 0) is 24.0 Å². The summed E-state index contributed by atoms with van der Waals surface area (Å²) in [6.45, 7) is 3.19. The lowest BCUT2D eigenvalue weighted by atomic mass is 10.0. The van der Waals surface area contributed by atoms with E-state index in [1.807, 2.05) is 12.1 Å². The van der Waals surface area contributed by atoms with Gasteiger partial charge in [0.2, 0.25) is 0 Å². The number of carbonyl (C=O) groups excluding carboxylic acids is 1. The highest BCUT2D eigenvalue weighted by Crippen LogP contribution is 2.16. The molecule has 1 fully saturated rings. The summed E-state index contributed by atoms with van der Waals surface area (Å²) in [6, 6.07) is 8.18. The molecule has 0 bridgehead atoms. The number of nitrogens with zero attached hydrogens (tertiary/aromatic N) is 2. The minimum atomic E-state index is -0.154. The Bertz CT molecular complexity index is 637. The molecule has 1 aliphatic heterocycles. The second-order valence-corrected chi connectivity index (χ2v) is 6.55. The van der Waals surface area contributed by atoms with E-state index in [9.17, 15) is 9.90 Å². The molecule has 1 aliphatic rings. The van der Waals surface area contributed by atoms with E-state index in [2.05, 4.69) is 27.3 Å². The highest BCUT2D eigenvalue weighted by Gasteiger charge is 2.18. The molecule has 122 valence electrons. The standard InChI is InChI=1S/C17H21N3O2S/c21-15-5-7-20(8-6-15)10-14-4-2-1-3-13(14)9-18-17(22)16-11-23-12-19-16/h1-4,11-12,15,21H,5-10H2,(H,18,22). The van der Waals surface area contributed by atoms with Crippen molar-refractivity contribution < 1.29 is 9.90 Å². The lowest BCUT2D eigenvalue weighted by Gasteiger charge is -2.30. The van der Waals surface area contributed by atoms with E-state index in [-0.39, 0.29) is 12.0 Å². The number of carbonyl (C=O) groups is 1. The third kappa shape index (κ3) is 4.37. The van der Waals surface area contributed by atoms with Crippen LogP contribution < -0.4 is 5.32 Å². The van der Waals surface area contributed by atoms with Crippen molar-refractivity contribution in [3.63, 3.8) is 0 Å². The lowest BCUT2D eigenvalue weighted by molar-refractivity contribution is 0.0790. The van der Waals surface area contributed by atoms with E-state index in [4.69, 9.17) is 0 Å². The van der Waals surface area contributed by atoms with Crippen molar-refractivity contribution in [1.82, 2.24) is 15.2 Å². The molecule has 5 nitrogen and oxygen atoms in total. The van der Waals surface area contributed by atoms with E-state index in [1.165, 1.54) is 16.9 Å². The van der Waals surface area contributed by atoms with Crippen LogP contribution in [0.3, 0.4) is 0 Å². The molecule has 2 aromatic rings. The number of aromatic nitrogens is 1. The molecule has 3 rings (SSSR count). The van der Waals surface area contributed by atoms with Crippen molar-refractivity contribution in [3.8, 4) is 0 Å². The van der Waals surface area contributed by atoms with Crippen LogP contribution in [0.4, 0.5) is 0 Å². The molecule has 0 radical (unpaired) electrons. The van der Waals surface area contributed by atoms with Crippen molar-refractivity contribution in [1.29, 1.82) is 0 Å². The smallest absolute Gasteiger partial charge is 0.271 e. The van der Waals surface area contributed by atoms with Crippen molar-refractivity contribution in [2.75, 3.05) is 13.1 Å². The predicted octanol–water partition coefficient (Wildman–Crippen LogP) is 2.03. The van der Waals surface area contributed by atoms with E-state index in [0.717, 1.165) is 38.0 Å². The molecule has 0 atom stereocenters. The van der Waals surface area contributed by atoms with Crippen LogP contribution >= 0.6 is 11.3 Å². The van der Waals surface area contributed by atoms with Gasteiger partial charge in [0.05, 0.1) is 11.6 Å². The molecule has 2 heterocycles. The summed E-state index contributed by atoms with van der Waals surface area (Å²) < 4.78 is 0. The zero-order valence-electron chi connectivity index (χ0n) is 12.9. The number of aliphatic hydroxyl groups is 1. The van der Waals surface area contributed by atoms with Gasteiger partial charge in [-0.1, -0.05) is 24.3 Å². The Morgan fingerprint density at radius 2 is 2.04 bits per heavy atom. The van der Waals surface area contributed by atoms with Crippen LogP contribution in [-0.2, 0) is 13.1 Å². The molecule has 0 aliphatic carbocycles. The Morgan fingerprint density at radius 1 is 1.30 bits per heavy atom. The quantitative estimate of drug-likeness (QED) is 0.880. The first kappa shape index (κ1) is 16.1. The summed E-state index contributed by atoms with van der Waals surface area (Å²) in [4.78, 5) is 18.4. The first-order valence-corrected chi connectivity index (χ1v) is 8.80. The fourth-order valence-corrected chi connectivity index (χ4v) is 3.33. The molecular weight excluding hydrogens is 310 g/mol. The first-order valence-electron chi connectivity index (χ1n) is 7.86. The maximum atomic E-state index is 12.0. The van der Waals surface area contributed by atoms with Crippen LogP contribution in [0.25, 0.3) is 0 Å². The van der Waals surface area contributed by atoms with Gasteiger partial charge in [0.15, 0.2) is 0 Å². The Morgan fingerprint density at radius 3 is 2.74 bits per heavy atom. The van der Waals surface area contributed by atoms with Gasteiger partial charge >= 0.3 is 0 Å². The predicted molar refractivity (Wildman–Crippen MR) is 90.2 cm³/mol. The summed E-state index contributed by atoms with van der Waals surface area (Å²) in [5, 5.41) is 14.3. The maximum absolute atomic E-state index is 12.0. The number of hydrogen-bond acceptors (Lipinski definition) is 5. The molecule has 0 unspecified atom stereocenters. The number of amides is 1. The van der Waals surface area contributed by atoms with Gasteiger partial charge in [-0.3, -0.25) is 9.69 Å². The first-order chi connectivity index (χ1) is 11.2. The Hall–Kier alpha value is -1.76. The number of nitrogens with one attached hydrogen (secondary N) is 1. The summed E-state index contributed by atoms with van der Waals surface area (Å²) in [6.07, 6.45) is 1.52. The Kier molecular flexibility index (Phi) is 5.38. The number of aliphatic hydroxyl groups excluding tert-OH is 1. The monoisotopic (exact) mass is 331 g/mol. The normalized spacial score (nSPS) is 16.4. The van der Waals surface area contributed by atoms with Crippen LogP contribution in [0.15, 0.2) is 35.2 Å². The maximum Gasteiger partial charge on any atom is 0.271 e. The van der Waals surface area contributed by atoms with E-state index in [0.29, 0.717) is 12.2 Å². The highest BCUT2D eigenvalue weighted by atomic mass is 32.1. The molecule has 1 amide bonds. The summed E-state index contributed by atoms with van der Waals surface area (Å²) >= 11 is 1.42. The number of piperidine rings is 1. The molecule has 1 aromatic carbocycles. The fraction of sp³-hybridized carbons (Fsp3) is 0.412. The van der Waals surface area contributed by atoms with Crippen molar-refractivity contribution in [2.24, 2.45) is 0 Å². The van der Waals surface area contributed by atoms with Crippen LogP contribution in [0, 0.1) is 0 Å². The van der Waals surface area contributed by atoms with Gasteiger partial charge in [0.25, 0.3) is 5.91 Å². The van der Waals surface area contributed by atoms with Crippen LogP contribution in [0.2, 0.25) is 0 Å². The van der Waals surface area contributed by atoms with Gasteiger partial charge in [-0.2, -0.15) is 0 Å². The largest absolute Gasteiger partial charge is 0.393 e. The van der Waals surface area contributed by atoms with Gasteiger partial charge in [-0.15, -0.1) is 11.3 Å². The summed E-state index contributed by atoms with van der Waals surface area (Å²) in [5.41, 5.74) is 4.48. The molecule has 0 spiro atoms. The SMILES string of the molecule is O=C(NCc1ccccc1CN1CCC(O)CC1)c1cscn1. The minimum Gasteiger partial charge on any atom is -0.393 e. The zero-order chi connectivity index (χ0) is 16.1. The molecule has 6 heteroatoms. The summed E-state index contributed by atoms with van der Waals surface area (Å²) in [5.74, 6) is -0.137. The van der Waals surface area contributed by atoms with Crippen molar-refractivity contribution >= 4 is 17.2 Å². The Balaban J connectivity index is 1.60. The fourth-order valence-electron chi connectivity index (χ4n) is 2.79. The second kappa shape index (κ2) is 7.68. The third-order valence-electron chi connectivity index (χ3n) is 4.17. The molecule has 0 saturated carbocycles. The molecular formula is C17H21N3O2S. The van der Waals surface area contributed by atoms with Crippen molar-refractivity contribution in [2.45, 2.75) is 32.0 Å². The molecule has 1 saturated heterocycles. The molecule has 2 N–H and O–H groups in total. The van der Waals surface area contributed by atoms with Crippen molar-refractivity contribution in [3.05, 3.63) is 52.0 Å². The number of hydrogen-bond donors (Lipinski definition) is 2. The highest BCUT2D eigenvalue weighted by molar-refractivity contribution is 7.07. The Labute approximate surface area is 140 Å². The molecule has 23 heavy (non-hydrogen) atoms. The summed E-state index contributed by atoms with van der Waals surface area (Å²) in [7, 11) is 0. The van der Waals surface area contributed by atoms with E-state index < -0.39 is 0 Å².